The van der Waals surface area contributed by atoms with Gasteiger partial charge in [0, 0.05) is 47.0 Å². The molecule has 0 unspecified atom stereocenters. The lowest BCUT2D eigenvalue weighted by Gasteiger charge is -2.03. The number of nitrogen functional groups attached to an aromatic ring is 1. The number of nitrogens with zero attached hydrogens (tertiary/aromatic N) is 3. The first kappa shape index (κ1) is 13.0. The van der Waals surface area contributed by atoms with Crippen molar-refractivity contribution in [1.29, 1.82) is 0 Å². The van der Waals surface area contributed by atoms with E-state index >= 15 is 0 Å². The van der Waals surface area contributed by atoms with Gasteiger partial charge in [-0.1, -0.05) is 24.3 Å². The Morgan fingerprint density at radius 3 is 2.50 bits per heavy atom. The first-order valence-corrected chi connectivity index (χ1v) is 7.50. The van der Waals surface area contributed by atoms with E-state index < -0.39 is 0 Å². The van der Waals surface area contributed by atoms with Crippen LogP contribution in [0, 0.1) is 0 Å². The summed E-state index contributed by atoms with van der Waals surface area (Å²) in [5, 5.41) is 7.02. The minimum absolute atomic E-state index is 0.672. The van der Waals surface area contributed by atoms with Crippen molar-refractivity contribution in [3.63, 3.8) is 0 Å². The Kier molecular flexibility index (Phi) is 2.73. The maximum absolute atomic E-state index is 5.90. The number of para-hydroxylation sites is 1. The number of aromatic nitrogens is 3. The summed E-state index contributed by atoms with van der Waals surface area (Å²) >= 11 is 0. The molecule has 0 aliphatic heterocycles. The smallest absolute Gasteiger partial charge is 0.121 e. The van der Waals surface area contributed by atoms with Crippen molar-refractivity contribution >= 4 is 27.6 Å². The second-order valence-electron chi connectivity index (χ2n) is 5.57. The highest BCUT2D eigenvalue weighted by Crippen LogP contribution is 2.32. The molecular weight excluding hydrogens is 272 g/mol. The third-order valence-corrected chi connectivity index (χ3v) is 4.30. The fourth-order valence-electron chi connectivity index (χ4n) is 3.18. The summed E-state index contributed by atoms with van der Waals surface area (Å²) in [6.07, 6.45) is 0. The zero-order chi connectivity index (χ0) is 15.3. The zero-order valence-electron chi connectivity index (χ0n) is 12.7. The monoisotopic (exact) mass is 290 g/mol. The van der Waals surface area contributed by atoms with Crippen LogP contribution in [0.2, 0.25) is 0 Å². The van der Waals surface area contributed by atoms with Crippen molar-refractivity contribution in [2.45, 2.75) is 13.5 Å². The Bertz CT molecular complexity index is 972. The van der Waals surface area contributed by atoms with Crippen LogP contribution in [0.1, 0.15) is 6.92 Å². The van der Waals surface area contributed by atoms with E-state index in [1.54, 1.807) is 4.68 Å². The SMILES string of the molecule is CCn1c2ccccc2c2cc(-c3cc(N)n(C)n3)ccc21. The van der Waals surface area contributed by atoms with Crippen LogP contribution < -0.4 is 5.73 Å². The molecule has 0 saturated heterocycles. The number of hydrogen-bond acceptors (Lipinski definition) is 2. The van der Waals surface area contributed by atoms with Crippen molar-refractivity contribution in [3.05, 3.63) is 48.5 Å². The third kappa shape index (κ3) is 1.73. The third-order valence-electron chi connectivity index (χ3n) is 4.30. The van der Waals surface area contributed by atoms with Crippen LogP contribution in [0.5, 0.6) is 0 Å². The molecule has 0 bridgehead atoms. The van der Waals surface area contributed by atoms with E-state index in [-0.39, 0.29) is 0 Å². The summed E-state index contributed by atoms with van der Waals surface area (Å²) in [6, 6.07) is 17.0. The average Bonchev–Trinajstić information content (AvgIpc) is 3.04. The topological polar surface area (TPSA) is 48.8 Å². The van der Waals surface area contributed by atoms with Crippen LogP contribution in [-0.2, 0) is 13.6 Å². The Morgan fingerprint density at radius 1 is 1.00 bits per heavy atom. The van der Waals surface area contributed by atoms with Gasteiger partial charge in [0.05, 0.1) is 5.69 Å². The van der Waals surface area contributed by atoms with E-state index in [4.69, 9.17) is 5.73 Å². The molecule has 2 aromatic heterocycles. The molecule has 4 heteroatoms. The molecule has 110 valence electrons. The molecule has 0 radical (unpaired) electrons. The first-order valence-electron chi connectivity index (χ1n) is 7.50. The molecule has 0 saturated carbocycles. The zero-order valence-corrected chi connectivity index (χ0v) is 12.7. The second-order valence-corrected chi connectivity index (χ2v) is 5.57. The summed E-state index contributed by atoms with van der Waals surface area (Å²) < 4.78 is 4.05. The number of nitrogens with two attached hydrogens (primary N) is 1. The number of benzene rings is 2. The molecule has 0 atom stereocenters. The van der Waals surface area contributed by atoms with Gasteiger partial charge in [-0.25, -0.2) is 0 Å². The fraction of sp³-hybridized carbons (Fsp3) is 0.167. The quantitative estimate of drug-likeness (QED) is 0.610. The van der Waals surface area contributed by atoms with Crippen molar-refractivity contribution < 1.29 is 0 Å². The van der Waals surface area contributed by atoms with E-state index in [9.17, 15) is 0 Å². The lowest BCUT2D eigenvalue weighted by molar-refractivity contribution is 0.782. The molecule has 2 aromatic carbocycles. The molecular formula is C18H18N4. The van der Waals surface area contributed by atoms with Gasteiger partial charge in [0.1, 0.15) is 5.82 Å². The van der Waals surface area contributed by atoms with Gasteiger partial charge in [0.15, 0.2) is 0 Å². The summed E-state index contributed by atoms with van der Waals surface area (Å²) in [5.74, 6) is 0.672. The standard InChI is InChI=1S/C18H18N4/c1-3-22-16-7-5-4-6-13(16)14-10-12(8-9-17(14)22)15-11-18(19)21(2)20-15/h4-11H,3,19H2,1-2H3. The number of hydrogen-bond donors (Lipinski definition) is 1. The van der Waals surface area contributed by atoms with Crippen molar-refractivity contribution in [2.75, 3.05) is 5.73 Å². The van der Waals surface area contributed by atoms with Gasteiger partial charge < -0.3 is 10.3 Å². The average molecular weight is 290 g/mol. The second kappa shape index (κ2) is 4.63. The van der Waals surface area contributed by atoms with E-state index in [2.05, 4.69) is 59.1 Å². The van der Waals surface area contributed by atoms with E-state index in [1.165, 1.54) is 21.8 Å². The lowest BCUT2D eigenvalue weighted by atomic mass is 10.1. The minimum atomic E-state index is 0.672. The van der Waals surface area contributed by atoms with E-state index in [0.29, 0.717) is 5.82 Å². The molecule has 0 spiro atoms. The van der Waals surface area contributed by atoms with E-state index in [1.807, 2.05) is 13.1 Å². The highest BCUT2D eigenvalue weighted by atomic mass is 15.3. The summed E-state index contributed by atoms with van der Waals surface area (Å²) in [7, 11) is 1.86. The van der Waals surface area contributed by atoms with Crippen LogP contribution in [0.25, 0.3) is 33.1 Å². The molecule has 0 aliphatic carbocycles. The Labute approximate surface area is 128 Å². The van der Waals surface area contributed by atoms with Crippen LogP contribution in [-0.4, -0.2) is 14.3 Å². The predicted octanol–water partition coefficient (Wildman–Crippen LogP) is 3.80. The first-order chi connectivity index (χ1) is 10.7. The molecule has 0 aliphatic rings. The molecule has 22 heavy (non-hydrogen) atoms. The number of fused-ring (bicyclic) bond motifs is 3. The Balaban J connectivity index is 2.03. The van der Waals surface area contributed by atoms with Gasteiger partial charge >= 0.3 is 0 Å². The molecule has 4 rings (SSSR count). The van der Waals surface area contributed by atoms with Gasteiger partial charge in [-0.2, -0.15) is 5.10 Å². The molecule has 0 amide bonds. The predicted molar refractivity (Wildman–Crippen MR) is 91.7 cm³/mol. The molecule has 0 fully saturated rings. The number of aryl methyl sites for hydroxylation is 2. The Morgan fingerprint density at radius 2 is 1.77 bits per heavy atom. The molecule has 2 heterocycles. The van der Waals surface area contributed by atoms with Crippen molar-refractivity contribution in [3.8, 4) is 11.3 Å². The van der Waals surface area contributed by atoms with Crippen molar-refractivity contribution in [1.82, 2.24) is 14.3 Å². The van der Waals surface area contributed by atoms with Gasteiger partial charge in [0.25, 0.3) is 0 Å². The molecule has 4 nitrogen and oxygen atoms in total. The molecule has 2 N–H and O–H groups in total. The van der Waals surface area contributed by atoms with Crippen molar-refractivity contribution in [2.24, 2.45) is 7.05 Å². The van der Waals surface area contributed by atoms with Crippen LogP contribution in [0.15, 0.2) is 48.5 Å². The summed E-state index contributed by atoms with van der Waals surface area (Å²) in [4.78, 5) is 0. The highest BCUT2D eigenvalue weighted by molar-refractivity contribution is 6.09. The van der Waals surface area contributed by atoms with Crippen LogP contribution >= 0.6 is 0 Å². The van der Waals surface area contributed by atoms with Gasteiger partial charge in [0.2, 0.25) is 0 Å². The maximum atomic E-state index is 5.90. The van der Waals surface area contributed by atoms with Crippen LogP contribution in [0.4, 0.5) is 5.82 Å². The van der Waals surface area contributed by atoms with E-state index in [0.717, 1.165) is 17.8 Å². The summed E-state index contributed by atoms with van der Waals surface area (Å²) in [5.41, 5.74) is 10.4. The largest absolute Gasteiger partial charge is 0.384 e. The van der Waals surface area contributed by atoms with Gasteiger partial charge in [-0.15, -0.1) is 0 Å². The summed E-state index contributed by atoms with van der Waals surface area (Å²) in [6.45, 7) is 3.14. The highest BCUT2D eigenvalue weighted by Gasteiger charge is 2.11. The van der Waals surface area contributed by atoms with Gasteiger partial charge in [-0.05, 0) is 25.1 Å². The fourth-order valence-corrected chi connectivity index (χ4v) is 3.18. The number of anilines is 1. The maximum Gasteiger partial charge on any atom is 0.121 e. The minimum Gasteiger partial charge on any atom is -0.384 e. The number of rotatable bonds is 2. The van der Waals surface area contributed by atoms with Gasteiger partial charge in [-0.3, -0.25) is 4.68 Å². The Hall–Kier alpha value is -2.75. The lowest BCUT2D eigenvalue weighted by Crippen LogP contribution is -1.96. The van der Waals surface area contributed by atoms with Crippen LogP contribution in [0.3, 0.4) is 0 Å². The normalized spacial score (nSPS) is 11.5. The molecule has 4 aromatic rings.